The fourth-order valence-corrected chi connectivity index (χ4v) is 3.97. The van der Waals surface area contributed by atoms with Crippen molar-refractivity contribution < 1.29 is 9.13 Å². The predicted octanol–water partition coefficient (Wildman–Crippen LogP) is 4.41. The maximum atomic E-state index is 13.2. The first kappa shape index (κ1) is 20.6. The fourth-order valence-electron chi connectivity index (χ4n) is 3.14. The summed E-state index contributed by atoms with van der Waals surface area (Å²) in [6, 6.07) is 14.7. The minimum atomic E-state index is -0.256. The number of aromatic nitrogens is 2. The summed E-state index contributed by atoms with van der Waals surface area (Å²) in [6.07, 6.45) is 1.84. The normalized spacial score (nSPS) is 14.7. The fraction of sp³-hybridized carbons (Fsp3) is 0.304. The molecule has 4 rings (SSSR count). The average molecular weight is 425 g/mol. The number of aryl methyl sites for hydroxylation is 1. The molecule has 0 N–H and O–H groups in total. The molecule has 2 heterocycles. The first-order valence-corrected chi connectivity index (χ1v) is 10.8. The molecule has 0 spiro atoms. The summed E-state index contributed by atoms with van der Waals surface area (Å²) in [7, 11) is 2.12. The molecule has 1 saturated heterocycles. The summed E-state index contributed by atoms with van der Waals surface area (Å²) < 4.78 is 19.3. The van der Waals surface area contributed by atoms with E-state index < -0.39 is 0 Å². The van der Waals surface area contributed by atoms with Gasteiger partial charge in [-0.25, -0.2) is 9.37 Å². The molecule has 0 unspecified atom stereocenters. The maximum absolute atomic E-state index is 13.2. The number of rotatable bonds is 6. The Morgan fingerprint density at radius 1 is 1.00 bits per heavy atom. The van der Waals surface area contributed by atoms with Crippen molar-refractivity contribution in [2.45, 2.75) is 23.3 Å². The highest BCUT2D eigenvalue weighted by Crippen LogP contribution is 2.35. The summed E-state index contributed by atoms with van der Waals surface area (Å²) >= 11 is 1.58. The SMILES string of the molecule is Cc1ccc(Sc2cnc(N3CCN(C)CC3)nc2OCc2ccc(F)cc2)cc1. The Hall–Kier alpha value is -2.64. The van der Waals surface area contributed by atoms with Crippen molar-refractivity contribution in [1.82, 2.24) is 14.9 Å². The van der Waals surface area contributed by atoms with Crippen molar-refractivity contribution in [1.29, 1.82) is 0 Å². The summed E-state index contributed by atoms with van der Waals surface area (Å²) in [5, 5.41) is 0. The first-order chi connectivity index (χ1) is 14.6. The molecule has 0 amide bonds. The summed E-state index contributed by atoms with van der Waals surface area (Å²) in [5.74, 6) is 0.980. The standard InChI is InChI=1S/C23H25FN4OS/c1-17-3-9-20(10-4-17)30-21-15-25-23(28-13-11-27(2)12-14-28)26-22(21)29-16-18-5-7-19(24)8-6-18/h3-10,15H,11-14,16H2,1-2H3. The van der Waals surface area contributed by atoms with Crippen LogP contribution in [0.15, 0.2) is 64.5 Å². The van der Waals surface area contributed by atoms with E-state index in [0.29, 0.717) is 18.4 Å². The number of benzene rings is 2. The molecule has 1 aliphatic heterocycles. The molecular weight excluding hydrogens is 399 g/mol. The van der Waals surface area contributed by atoms with Crippen LogP contribution in [0.5, 0.6) is 5.88 Å². The third kappa shape index (κ3) is 5.29. The van der Waals surface area contributed by atoms with E-state index in [2.05, 4.69) is 53.0 Å². The van der Waals surface area contributed by atoms with Crippen LogP contribution in [0.25, 0.3) is 0 Å². The maximum Gasteiger partial charge on any atom is 0.232 e. The number of anilines is 1. The Labute approximate surface area is 180 Å². The van der Waals surface area contributed by atoms with Gasteiger partial charge in [-0.3, -0.25) is 0 Å². The molecule has 1 aromatic heterocycles. The predicted molar refractivity (Wildman–Crippen MR) is 118 cm³/mol. The van der Waals surface area contributed by atoms with Crippen LogP contribution in [-0.2, 0) is 6.61 Å². The van der Waals surface area contributed by atoms with Crippen LogP contribution in [0.1, 0.15) is 11.1 Å². The second kappa shape index (κ2) is 9.45. The van der Waals surface area contributed by atoms with E-state index in [1.807, 2.05) is 6.20 Å². The van der Waals surface area contributed by atoms with Crippen molar-refractivity contribution in [3.05, 3.63) is 71.7 Å². The highest BCUT2D eigenvalue weighted by molar-refractivity contribution is 7.99. The zero-order chi connectivity index (χ0) is 20.9. The van der Waals surface area contributed by atoms with Crippen LogP contribution in [0.2, 0.25) is 0 Å². The molecule has 156 valence electrons. The zero-order valence-corrected chi connectivity index (χ0v) is 18.0. The van der Waals surface area contributed by atoms with Gasteiger partial charge in [-0.05, 0) is 43.8 Å². The highest BCUT2D eigenvalue weighted by atomic mass is 32.2. The molecule has 1 aliphatic rings. The van der Waals surface area contributed by atoms with Gasteiger partial charge in [0.15, 0.2) is 0 Å². The van der Waals surface area contributed by atoms with Crippen LogP contribution in [-0.4, -0.2) is 48.1 Å². The van der Waals surface area contributed by atoms with E-state index in [0.717, 1.165) is 41.5 Å². The van der Waals surface area contributed by atoms with Gasteiger partial charge in [-0.15, -0.1) is 0 Å². The van der Waals surface area contributed by atoms with E-state index in [-0.39, 0.29) is 5.82 Å². The van der Waals surface area contributed by atoms with Crippen molar-refractivity contribution in [3.8, 4) is 5.88 Å². The van der Waals surface area contributed by atoms with Gasteiger partial charge < -0.3 is 14.5 Å². The van der Waals surface area contributed by atoms with Gasteiger partial charge in [0.2, 0.25) is 11.8 Å². The number of hydrogen-bond donors (Lipinski definition) is 0. The third-order valence-electron chi connectivity index (χ3n) is 5.03. The molecule has 1 fully saturated rings. The van der Waals surface area contributed by atoms with E-state index >= 15 is 0 Å². The Kier molecular flexibility index (Phi) is 6.50. The Morgan fingerprint density at radius 2 is 1.70 bits per heavy atom. The topological polar surface area (TPSA) is 41.5 Å². The molecule has 0 aliphatic carbocycles. The van der Waals surface area contributed by atoms with Gasteiger partial charge in [0.05, 0.1) is 11.1 Å². The third-order valence-corrected chi connectivity index (χ3v) is 6.04. The Balaban J connectivity index is 1.57. The highest BCUT2D eigenvalue weighted by Gasteiger charge is 2.19. The summed E-state index contributed by atoms with van der Waals surface area (Å²) in [6.45, 7) is 6.13. The lowest BCUT2D eigenvalue weighted by Gasteiger charge is -2.32. The molecule has 0 atom stereocenters. The van der Waals surface area contributed by atoms with Crippen LogP contribution < -0.4 is 9.64 Å². The monoisotopic (exact) mass is 424 g/mol. The van der Waals surface area contributed by atoms with Crippen LogP contribution in [0.3, 0.4) is 0 Å². The van der Waals surface area contributed by atoms with E-state index in [4.69, 9.17) is 9.72 Å². The minimum Gasteiger partial charge on any atom is -0.472 e. The molecule has 3 aromatic rings. The van der Waals surface area contributed by atoms with Crippen molar-refractivity contribution in [2.24, 2.45) is 0 Å². The largest absolute Gasteiger partial charge is 0.472 e. The number of likely N-dealkylation sites (N-methyl/N-ethyl adjacent to an activating group) is 1. The number of halogens is 1. The second-order valence-corrected chi connectivity index (χ2v) is 8.58. The zero-order valence-electron chi connectivity index (χ0n) is 17.2. The number of piperazine rings is 1. The second-order valence-electron chi connectivity index (χ2n) is 7.46. The van der Waals surface area contributed by atoms with E-state index in [1.165, 1.54) is 17.7 Å². The van der Waals surface area contributed by atoms with Crippen molar-refractivity contribution >= 4 is 17.7 Å². The summed E-state index contributed by atoms with van der Waals surface area (Å²) in [4.78, 5) is 15.8. The molecule has 0 radical (unpaired) electrons. The van der Waals surface area contributed by atoms with Gasteiger partial charge in [0, 0.05) is 31.1 Å². The molecule has 0 saturated carbocycles. The van der Waals surface area contributed by atoms with Crippen LogP contribution in [0, 0.1) is 12.7 Å². The first-order valence-electron chi connectivity index (χ1n) is 9.99. The lowest BCUT2D eigenvalue weighted by molar-refractivity contribution is 0.283. The van der Waals surface area contributed by atoms with E-state index in [1.54, 1.807) is 23.9 Å². The Bertz CT molecular complexity index is 973. The van der Waals surface area contributed by atoms with Crippen molar-refractivity contribution in [2.75, 3.05) is 38.1 Å². The van der Waals surface area contributed by atoms with E-state index in [9.17, 15) is 4.39 Å². The van der Waals surface area contributed by atoms with Crippen molar-refractivity contribution in [3.63, 3.8) is 0 Å². The van der Waals surface area contributed by atoms with Gasteiger partial charge in [-0.1, -0.05) is 41.6 Å². The molecule has 7 heteroatoms. The smallest absolute Gasteiger partial charge is 0.232 e. The quantitative estimate of drug-likeness (QED) is 0.584. The average Bonchev–Trinajstić information content (AvgIpc) is 2.76. The minimum absolute atomic E-state index is 0.256. The molecule has 30 heavy (non-hydrogen) atoms. The number of nitrogens with zero attached hydrogens (tertiary/aromatic N) is 4. The molecular formula is C23H25FN4OS. The molecule has 2 aromatic carbocycles. The number of hydrogen-bond acceptors (Lipinski definition) is 6. The lowest BCUT2D eigenvalue weighted by atomic mass is 10.2. The lowest BCUT2D eigenvalue weighted by Crippen LogP contribution is -2.45. The van der Waals surface area contributed by atoms with Gasteiger partial charge in [0.1, 0.15) is 12.4 Å². The van der Waals surface area contributed by atoms with Gasteiger partial charge in [-0.2, -0.15) is 4.98 Å². The number of ether oxygens (including phenoxy) is 1. The Morgan fingerprint density at radius 3 is 2.40 bits per heavy atom. The van der Waals surface area contributed by atoms with Crippen LogP contribution >= 0.6 is 11.8 Å². The van der Waals surface area contributed by atoms with Gasteiger partial charge in [0.25, 0.3) is 0 Å². The van der Waals surface area contributed by atoms with Gasteiger partial charge >= 0.3 is 0 Å². The summed E-state index contributed by atoms with van der Waals surface area (Å²) in [5.41, 5.74) is 2.11. The molecule has 5 nitrogen and oxygen atoms in total. The van der Waals surface area contributed by atoms with Crippen LogP contribution in [0.4, 0.5) is 10.3 Å². The molecule has 0 bridgehead atoms.